The molecule has 1 fully saturated rings. The first-order valence-electron chi connectivity index (χ1n) is 11.0. The Morgan fingerprint density at radius 3 is 2.52 bits per heavy atom. The minimum absolute atomic E-state index is 0.0444. The van der Waals surface area contributed by atoms with E-state index in [9.17, 15) is 9.59 Å². The fraction of sp³-hybridized carbons (Fsp3) is 0.818. The number of Topliss-reactive ketones (excluding diaryl/α,β-unsaturated/α-hetero) is 1. The molecule has 1 atom stereocenters. The number of ether oxygens (including phenoxy) is 1. The van der Waals surface area contributed by atoms with Crippen LogP contribution < -0.4 is 0 Å². The highest BCUT2D eigenvalue weighted by atomic mass is 32.2. The Hall–Kier alpha value is -0.633. The first kappa shape index (κ1) is 24.6. The predicted octanol–water partition coefficient (Wildman–Crippen LogP) is 4.78. The molecule has 5 nitrogen and oxygen atoms in total. The van der Waals surface area contributed by atoms with Gasteiger partial charge in [0.1, 0.15) is 0 Å². The molecule has 0 bridgehead atoms. The quantitative estimate of drug-likeness (QED) is 0.361. The van der Waals surface area contributed by atoms with E-state index in [0.717, 1.165) is 49.4 Å². The fourth-order valence-electron chi connectivity index (χ4n) is 3.25. The average Bonchev–Trinajstić information content (AvgIpc) is 2.99. The number of hydrogen-bond donors (Lipinski definition) is 0. The van der Waals surface area contributed by atoms with Crippen LogP contribution in [0, 0.1) is 0 Å². The molecular weight excluding hydrogens is 402 g/mol. The van der Waals surface area contributed by atoms with Gasteiger partial charge in [-0.15, -0.1) is 11.8 Å². The maximum Gasteiger partial charge on any atom is 0.222 e. The van der Waals surface area contributed by atoms with Crippen LogP contribution in [0.3, 0.4) is 0 Å². The number of carbonyl (C=O) groups excluding carboxylic acids is 2. The number of carbonyl (C=O) groups is 2. The summed E-state index contributed by atoms with van der Waals surface area (Å²) in [7, 11) is -1.85. The Bertz CT molecular complexity index is 594. The van der Waals surface area contributed by atoms with Crippen molar-refractivity contribution < 1.29 is 18.8 Å². The van der Waals surface area contributed by atoms with E-state index in [1.807, 2.05) is 4.90 Å². The van der Waals surface area contributed by atoms with E-state index in [-0.39, 0.29) is 22.8 Å². The molecule has 0 saturated carbocycles. The predicted molar refractivity (Wildman–Crippen MR) is 123 cm³/mol. The summed E-state index contributed by atoms with van der Waals surface area (Å²) in [5.74, 6) is 1.45. The van der Waals surface area contributed by atoms with Gasteiger partial charge < -0.3 is 14.1 Å². The van der Waals surface area contributed by atoms with Crippen molar-refractivity contribution in [2.24, 2.45) is 0 Å². The number of amides is 1. The van der Waals surface area contributed by atoms with E-state index in [4.69, 9.17) is 9.16 Å². The lowest BCUT2D eigenvalue weighted by molar-refractivity contribution is -0.135. The van der Waals surface area contributed by atoms with Crippen LogP contribution >= 0.6 is 11.8 Å². The second-order valence-electron chi connectivity index (χ2n) is 9.58. The zero-order valence-electron chi connectivity index (χ0n) is 18.9. The summed E-state index contributed by atoms with van der Waals surface area (Å²) in [5, 5.41) is 0.156. The molecule has 1 saturated heterocycles. The third kappa shape index (κ3) is 7.85. The summed E-state index contributed by atoms with van der Waals surface area (Å²) in [6.07, 6.45) is 7.35. The number of ketones is 1. The smallest absolute Gasteiger partial charge is 0.222 e. The van der Waals surface area contributed by atoms with E-state index in [2.05, 4.69) is 39.9 Å². The normalized spacial score (nSPS) is 20.9. The van der Waals surface area contributed by atoms with Gasteiger partial charge in [-0.05, 0) is 42.8 Å². The summed E-state index contributed by atoms with van der Waals surface area (Å²) in [6, 6.07) is 0. The molecule has 0 aromatic carbocycles. The van der Waals surface area contributed by atoms with Gasteiger partial charge in [-0.3, -0.25) is 9.59 Å². The molecule has 1 amide bonds. The largest absolute Gasteiger partial charge is 0.410 e. The van der Waals surface area contributed by atoms with Crippen LogP contribution in [0.1, 0.15) is 59.3 Å². The van der Waals surface area contributed by atoms with Crippen LogP contribution in [-0.2, 0) is 18.8 Å². The molecule has 1 unspecified atom stereocenters. The number of thioether (sulfide) groups is 1. The molecule has 0 aromatic rings. The van der Waals surface area contributed by atoms with Crippen molar-refractivity contribution in [2.45, 2.75) is 83.5 Å². The van der Waals surface area contributed by atoms with Gasteiger partial charge in [-0.2, -0.15) is 0 Å². The maximum absolute atomic E-state index is 12.3. The number of unbranched alkanes of at least 4 members (excludes halogenated alkanes) is 3. The fourth-order valence-corrected chi connectivity index (χ4v) is 5.57. The van der Waals surface area contributed by atoms with Crippen molar-refractivity contribution in [1.29, 1.82) is 0 Å². The van der Waals surface area contributed by atoms with Crippen molar-refractivity contribution >= 4 is 31.8 Å². The Morgan fingerprint density at radius 1 is 1.21 bits per heavy atom. The molecule has 7 heteroatoms. The SMILES string of the molecule is CC(C)(C)[Si](C)(C)OC1C=C(SCCCCCCC(=O)N2CCOCC2)C(=O)C1. The number of hydrogen-bond acceptors (Lipinski definition) is 5. The highest BCUT2D eigenvalue weighted by Gasteiger charge is 2.40. The zero-order valence-corrected chi connectivity index (χ0v) is 20.7. The lowest BCUT2D eigenvalue weighted by Gasteiger charge is -2.37. The molecule has 0 spiro atoms. The van der Waals surface area contributed by atoms with Gasteiger partial charge in [-0.1, -0.05) is 33.6 Å². The summed E-state index contributed by atoms with van der Waals surface area (Å²) >= 11 is 1.67. The summed E-state index contributed by atoms with van der Waals surface area (Å²) < 4.78 is 11.7. The lowest BCUT2D eigenvalue weighted by Crippen LogP contribution is -2.43. The maximum atomic E-state index is 12.3. The van der Waals surface area contributed by atoms with E-state index in [0.29, 0.717) is 26.1 Å². The summed E-state index contributed by atoms with van der Waals surface area (Å²) in [4.78, 5) is 27.2. The van der Waals surface area contributed by atoms with Gasteiger partial charge in [-0.25, -0.2) is 0 Å². The highest BCUT2D eigenvalue weighted by Crippen LogP contribution is 2.39. The molecule has 0 N–H and O–H groups in total. The standard InChI is InChI=1S/C22H39NO4SSi/c1-22(2,3)29(4,5)27-18-16-19(24)20(17-18)28-15-9-7-6-8-10-21(25)23-11-13-26-14-12-23/h17-18H,6-16H2,1-5H3. The average molecular weight is 442 g/mol. The molecule has 29 heavy (non-hydrogen) atoms. The molecule has 0 radical (unpaired) electrons. The van der Waals surface area contributed by atoms with Gasteiger partial charge in [0.2, 0.25) is 5.91 Å². The molecule has 2 rings (SSSR count). The van der Waals surface area contributed by atoms with Crippen molar-refractivity contribution in [3.05, 3.63) is 11.0 Å². The molecule has 2 aliphatic rings. The third-order valence-electron chi connectivity index (χ3n) is 6.16. The van der Waals surface area contributed by atoms with Crippen molar-refractivity contribution in [1.82, 2.24) is 4.90 Å². The van der Waals surface area contributed by atoms with Crippen LogP contribution in [0.15, 0.2) is 11.0 Å². The second kappa shape index (κ2) is 11.1. The Morgan fingerprint density at radius 2 is 1.86 bits per heavy atom. The van der Waals surface area contributed by atoms with Gasteiger partial charge in [0.15, 0.2) is 14.1 Å². The molecule has 1 heterocycles. The first-order valence-corrected chi connectivity index (χ1v) is 14.9. The second-order valence-corrected chi connectivity index (χ2v) is 15.5. The summed E-state index contributed by atoms with van der Waals surface area (Å²) in [6.45, 7) is 14.0. The number of nitrogens with zero attached hydrogens (tertiary/aromatic N) is 1. The van der Waals surface area contributed by atoms with Crippen LogP contribution in [0.5, 0.6) is 0 Å². The van der Waals surface area contributed by atoms with Crippen molar-refractivity contribution in [3.63, 3.8) is 0 Å². The number of allylic oxidation sites excluding steroid dienone is 1. The molecule has 1 aliphatic carbocycles. The Labute approximate surface area is 182 Å². The number of morpholine rings is 1. The minimum atomic E-state index is -1.85. The molecule has 0 aromatic heterocycles. The van der Waals surface area contributed by atoms with Crippen molar-refractivity contribution in [3.8, 4) is 0 Å². The van der Waals surface area contributed by atoms with E-state index in [1.54, 1.807) is 11.8 Å². The highest BCUT2D eigenvalue weighted by molar-refractivity contribution is 8.04. The Kier molecular flexibility index (Phi) is 9.44. The van der Waals surface area contributed by atoms with Crippen LogP contribution in [0.4, 0.5) is 0 Å². The molecule has 166 valence electrons. The van der Waals surface area contributed by atoms with Gasteiger partial charge in [0.05, 0.1) is 19.3 Å². The van der Waals surface area contributed by atoms with Crippen LogP contribution in [0.25, 0.3) is 0 Å². The van der Waals surface area contributed by atoms with Crippen molar-refractivity contribution in [2.75, 3.05) is 32.1 Å². The van der Waals surface area contributed by atoms with Gasteiger partial charge in [0, 0.05) is 30.8 Å². The third-order valence-corrected chi connectivity index (χ3v) is 11.8. The Balaban J connectivity index is 1.60. The minimum Gasteiger partial charge on any atom is -0.410 e. The summed E-state index contributed by atoms with van der Waals surface area (Å²) in [5.41, 5.74) is 0. The number of rotatable bonds is 10. The van der Waals surface area contributed by atoms with Gasteiger partial charge >= 0.3 is 0 Å². The molecular formula is C22H39NO4SSi. The monoisotopic (exact) mass is 441 g/mol. The first-order chi connectivity index (χ1) is 13.6. The van der Waals surface area contributed by atoms with Crippen LogP contribution in [-0.4, -0.2) is 63.1 Å². The topological polar surface area (TPSA) is 55.8 Å². The zero-order chi connectivity index (χ0) is 21.5. The van der Waals surface area contributed by atoms with Crippen LogP contribution in [0.2, 0.25) is 18.1 Å². The van der Waals surface area contributed by atoms with E-state index in [1.165, 1.54) is 0 Å². The molecule has 1 aliphatic heterocycles. The van der Waals surface area contributed by atoms with Gasteiger partial charge in [0.25, 0.3) is 0 Å². The lowest BCUT2D eigenvalue weighted by atomic mass is 10.1. The van der Waals surface area contributed by atoms with E-state index < -0.39 is 8.32 Å². The van der Waals surface area contributed by atoms with E-state index >= 15 is 0 Å².